The third kappa shape index (κ3) is 2.98. The second kappa shape index (κ2) is 7.81. The van der Waals surface area contributed by atoms with E-state index in [2.05, 4.69) is 121 Å². The fraction of sp³-hybridized carbons (Fsp3) is 0. The highest BCUT2D eigenvalue weighted by Gasteiger charge is 2.22. The summed E-state index contributed by atoms with van der Waals surface area (Å²) in [5, 5.41) is 7.50. The van der Waals surface area contributed by atoms with Gasteiger partial charge in [0.15, 0.2) is 0 Å². The van der Waals surface area contributed by atoms with Crippen molar-refractivity contribution in [3.63, 3.8) is 0 Å². The van der Waals surface area contributed by atoms with E-state index in [4.69, 9.17) is 4.74 Å². The maximum Gasteiger partial charge on any atom is 0.135 e. The Kier molecular flexibility index (Phi) is 4.29. The molecule has 0 atom stereocenters. The molecule has 0 saturated heterocycles. The summed E-state index contributed by atoms with van der Waals surface area (Å²) in [6.45, 7) is 0. The predicted molar refractivity (Wildman–Crippen MR) is 155 cm³/mol. The van der Waals surface area contributed by atoms with Gasteiger partial charge in [0.2, 0.25) is 0 Å². The Bertz CT molecular complexity index is 2010. The van der Waals surface area contributed by atoms with Gasteiger partial charge in [-0.2, -0.15) is 0 Å². The van der Waals surface area contributed by atoms with Gasteiger partial charge in [0, 0.05) is 10.9 Å². The van der Waals surface area contributed by atoms with E-state index < -0.39 is 0 Å². The number of ether oxygens (including phenoxy) is 1. The summed E-state index contributed by atoms with van der Waals surface area (Å²) in [6, 6.07) is 47.8. The molecule has 0 unspecified atom stereocenters. The molecule has 1 heteroatoms. The number of benzene rings is 7. The van der Waals surface area contributed by atoms with Crippen molar-refractivity contribution in [1.29, 1.82) is 0 Å². The molecule has 0 radical (unpaired) electrons. The van der Waals surface area contributed by atoms with Gasteiger partial charge in [-0.3, -0.25) is 0 Å². The van der Waals surface area contributed by atoms with Crippen LogP contribution in [-0.2, 0) is 0 Å². The molecule has 0 aliphatic carbocycles. The van der Waals surface area contributed by atoms with Gasteiger partial charge in [-0.1, -0.05) is 121 Å². The zero-order valence-corrected chi connectivity index (χ0v) is 20.1. The van der Waals surface area contributed by atoms with Crippen LogP contribution >= 0.6 is 0 Å². The van der Waals surface area contributed by atoms with Crippen LogP contribution in [0.15, 0.2) is 133 Å². The molecule has 1 aliphatic rings. The average Bonchev–Trinajstić information content (AvgIpc) is 2.97. The van der Waals surface area contributed by atoms with E-state index in [1.807, 2.05) is 12.1 Å². The molecule has 0 spiro atoms. The van der Waals surface area contributed by atoms with E-state index in [0.717, 1.165) is 17.1 Å². The van der Waals surface area contributed by atoms with Gasteiger partial charge in [0.25, 0.3) is 0 Å². The molecule has 0 fully saturated rings. The van der Waals surface area contributed by atoms with Gasteiger partial charge in [-0.05, 0) is 66.9 Å². The van der Waals surface area contributed by atoms with E-state index in [-0.39, 0.29) is 0 Å². The Balaban J connectivity index is 1.40. The summed E-state index contributed by atoms with van der Waals surface area (Å²) in [7, 11) is 0. The second-order valence-electron chi connectivity index (χ2n) is 9.67. The molecule has 7 aromatic rings. The van der Waals surface area contributed by atoms with Crippen molar-refractivity contribution in [2.75, 3.05) is 0 Å². The maximum absolute atomic E-state index is 6.35. The van der Waals surface area contributed by atoms with Crippen LogP contribution in [0.3, 0.4) is 0 Å². The van der Waals surface area contributed by atoms with Crippen LogP contribution in [-0.4, -0.2) is 0 Å². The van der Waals surface area contributed by atoms with Crippen LogP contribution in [0.5, 0.6) is 11.5 Å². The molecule has 172 valence electrons. The highest BCUT2D eigenvalue weighted by molar-refractivity contribution is 6.15. The normalized spacial score (nSPS) is 12.0. The standard InChI is InChI=1S/C36H22O/c1-2-10-24-23(9-1)19-20-29-25(24)14-7-15-28(29)26-11-3-4-12-27(26)30-21-22-35-36-32(30)16-8-17-33(36)31-13-5-6-18-34(31)37-35/h1-22H. The lowest BCUT2D eigenvalue weighted by molar-refractivity contribution is 0.487. The summed E-state index contributed by atoms with van der Waals surface area (Å²) in [4.78, 5) is 0. The minimum Gasteiger partial charge on any atom is -0.456 e. The van der Waals surface area contributed by atoms with Gasteiger partial charge in [-0.15, -0.1) is 0 Å². The average molecular weight is 471 g/mol. The number of rotatable bonds is 2. The molecule has 8 rings (SSSR count). The quantitative estimate of drug-likeness (QED) is 0.228. The molecule has 0 aromatic heterocycles. The monoisotopic (exact) mass is 470 g/mol. The van der Waals surface area contributed by atoms with Crippen LogP contribution in [0.4, 0.5) is 0 Å². The topological polar surface area (TPSA) is 9.23 Å². The predicted octanol–water partition coefficient (Wildman–Crippen LogP) is 10.3. The van der Waals surface area contributed by atoms with E-state index in [1.54, 1.807) is 0 Å². The Morgan fingerprint density at radius 3 is 1.78 bits per heavy atom. The Morgan fingerprint density at radius 2 is 0.919 bits per heavy atom. The maximum atomic E-state index is 6.35. The van der Waals surface area contributed by atoms with Crippen molar-refractivity contribution < 1.29 is 4.74 Å². The second-order valence-corrected chi connectivity index (χ2v) is 9.67. The van der Waals surface area contributed by atoms with E-state index >= 15 is 0 Å². The summed E-state index contributed by atoms with van der Waals surface area (Å²) in [5.74, 6) is 1.83. The van der Waals surface area contributed by atoms with Crippen molar-refractivity contribution in [2.24, 2.45) is 0 Å². The van der Waals surface area contributed by atoms with Crippen LogP contribution < -0.4 is 4.74 Å². The minimum absolute atomic E-state index is 0.915. The number of hydrogen-bond acceptors (Lipinski definition) is 1. The smallest absolute Gasteiger partial charge is 0.135 e. The number of hydrogen-bond donors (Lipinski definition) is 0. The Hall–Kier alpha value is -4.88. The third-order valence-electron chi connectivity index (χ3n) is 7.69. The van der Waals surface area contributed by atoms with Gasteiger partial charge in [-0.25, -0.2) is 0 Å². The van der Waals surface area contributed by atoms with Crippen LogP contribution in [0, 0.1) is 0 Å². The van der Waals surface area contributed by atoms with Crippen molar-refractivity contribution in [3.05, 3.63) is 133 Å². The fourth-order valence-corrected chi connectivity index (χ4v) is 6.04. The summed E-state index contributed by atoms with van der Waals surface area (Å²) < 4.78 is 6.35. The van der Waals surface area contributed by atoms with Crippen LogP contribution in [0.25, 0.3) is 65.7 Å². The van der Waals surface area contributed by atoms with Gasteiger partial charge in [0.1, 0.15) is 11.5 Å². The van der Waals surface area contributed by atoms with Crippen molar-refractivity contribution in [3.8, 4) is 44.9 Å². The molecule has 37 heavy (non-hydrogen) atoms. The van der Waals surface area contributed by atoms with E-state index in [9.17, 15) is 0 Å². The first kappa shape index (κ1) is 20.3. The molecule has 0 saturated carbocycles. The van der Waals surface area contributed by atoms with Crippen molar-refractivity contribution in [1.82, 2.24) is 0 Å². The summed E-state index contributed by atoms with van der Waals surface area (Å²) in [6.07, 6.45) is 0. The molecular formula is C36H22O. The minimum atomic E-state index is 0.915. The summed E-state index contributed by atoms with van der Waals surface area (Å²) in [5.41, 5.74) is 7.31. The lowest BCUT2D eigenvalue weighted by Gasteiger charge is -2.23. The highest BCUT2D eigenvalue weighted by Crippen LogP contribution is 2.49. The van der Waals surface area contributed by atoms with E-state index in [1.165, 1.54) is 60.1 Å². The highest BCUT2D eigenvalue weighted by atomic mass is 16.5. The molecular weight excluding hydrogens is 448 g/mol. The lowest BCUT2D eigenvalue weighted by atomic mass is 9.86. The Labute approximate surface area is 215 Å². The molecule has 7 aromatic carbocycles. The largest absolute Gasteiger partial charge is 0.456 e. The first-order valence-corrected chi connectivity index (χ1v) is 12.7. The zero-order valence-electron chi connectivity index (χ0n) is 20.1. The SMILES string of the molecule is c1ccc2c(c1)Oc1ccc(-c3ccccc3-c3cccc4c3ccc3ccccc34)c3cccc-2c13. The van der Waals surface area contributed by atoms with Gasteiger partial charge in [0.05, 0.1) is 0 Å². The Morgan fingerprint density at radius 1 is 0.297 bits per heavy atom. The van der Waals surface area contributed by atoms with Gasteiger partial charge >= 0.3 is 0 Å². The van der Waals surface area contributed by atoms with Crippen LogP contribution in [0.1, 0.15) is 0 Å². The van der Waals surface area contributed by atoms with Crippen molar-refractivity contribution in [2.45, 2.75) is 0 Å². The third-order valence-corrected chi connectivity index (χ3v) is 7.69. The first-order valence-electron chi connectivity index (χ1n) is 12.7. The lowest BCUT2D eigenvalue weighted by Crippen LogP contribution is -1.98. The molecule has 1 heterocycles. The van der Waals surface area contributed by atoms with Crippen LogP contribution in [0.2, 0.25) is 0 Å². The molecule has 1 aliphatic heterocycles. The fourth-order valence-electron chi connectivity index (χ4n) is 6.04. The summed E-state index contributed by atoms with van der Waals surface area (Å²) >= 11 is 0. The first-order chi connectivity index (χ1) is 18.4. The molecule has 0 bridgehead atoms. The van der Waals surface area contributed by atoms with Gasteiger partial charge < -0.3 is 4.74 Å². The van der Waals surface area contributed by atoms with E-state index in [0.29, 0.717) is 0 Å². The van der Waals surface area contributed by atoms with Crippen molar-refractivity contribution >= 4 is 32.3 Å². The zero-order chi connectivity index (χ0) is 24.3. The molecule has 0 amide bonds. The molecule has 0 N–H and O–H groups in total. The molecule has 1 nitrogen and oxygen atoms in total. The number of para-hydroxylation sites is 1. The number of fused-ring (bicyclic) bond motifs is 5.